The number of rotatable bonds is 6. The van der Waals surface area contributed by atoms with Crippen LogP contribution in [-0.2, 0) is 20.8 Å². The Morgan fingerprint density at radius 2 is 2.00 bits per heavy atom. The lowest BCUT2D eigenvalue weighted by Gasteiger charge is -2.27. The molecule has 0 atom stereocenters. The third kappa shape index (κ3) is 3.90. The van der Waals surface area contributed by atoms with Crippen LogP contribution in [0.1, 0.15) is 38.4 Å². The summed E-state index contributed by atoms with van der Waals surface area (Å²) in [5.74, 6) is 0.642. The summed E-state index contributed by atoms with van der Waals surface area (Å²) >= 11 is 0. The number of nitrogens with zero attached hydrogens (tertiary/aromatic N) is 3. The quantitative estimate of drug-likeness (QED) is 0.756. The molecule has 9 heteroatoms. The zero-order valence-electron chi connectivity index (χ0n) is 16.3. The van der Waals surface area contributed by atoms with Crippen LogP contribution >= 0.6 is 0 Å². The van der Waals surface area contributed by atoms with Crippen LogP contribution in [0.5, 0.6) is 0 Å². The summed E-state index contributed by atoms with van der Waals surface area (Å²) in [5.41, 5.74) is 1.10. The second kappa shape index (κ2) is 7.92. The highest BCUT2D eigenvalue weighted by atomic mass is 16.5. The van der Waals surface area contributed by atoms with Gasteiger partial charge in [-0.05, 0) is 18.9 Å². The smallest absolute Gasteiger partial charge is 0.291 e. The summed E-state index contributed by atoms with van der Waals surface area (Å²) < 4.78 is 13.6. The van der Waals surface area contributed by atoms with Gasteiger partial charge in [0, 0.05) is 31.4 Å². The van der Waals surface area contributed by atoms with Gasteiger partial charge in [0.15, 0.2) is 0 Å². The molecule has 2 N–H and O–H groups in total. The van der Waals surface area contributed by atoms with Crippen LogP contribution < -0.4 is 16.2 Å². The van der Waals surface area contributed by atoms with Gasteiger partial charge in [0.25, 0.3) is 5.56 Å². The summed E-state index contributed by atoms with van der Waals surface area (Å²) in [5, 5.41) is 10.8. The van der Waals surface area contributed by atoms with Gasteiger partial charge >= 0.3 is 0 Å². The van der Waals surface area contributed by atoms with Crippen molar-refractivity contribution in [2.75, 3.05) is 31.7 Å². The summed E-state index contributed by atoms with van der Waals surface area (Å²) in [4.78, 5) is 25.4. The Bertz CT molecular complexity index is 909. The lowest BCUT2D eigenvalue weighted by molar-refractivity contribution is -0.123. The Balaban J connectivity index is 1.59. The number of carbonyl (C=O) groups is 1. The van der Waals surface area contributed by atoms with E-state index in [-0.39, 0.29) is 36.0 Å². The van der Waals surface area contributed by atoms with Gasteiger partial charge in [-0.1, -0.05) is 13.8 Å². The van der Waals surface area contributed by atoms with Gasteiger partial charge in [0.05, 0.1) is 24.9 Å². The maximum absolute atomic E-state index is 12.9. The molecular formula is C19H27N5O4. The van der Waals surface area contributed by atoms with E-state index in [1.165, 1.54) is 4.68 Å². The first-order valence-corrected chi connectivity index (χ1v) is 9.86. The Kier molecular flexibility index (Phi) is 5.36. The fourth-order valence-corrected chi connectivity index (χ4v) is 3.55. The van der Waals surface area contributed by atoms with Crippen LogP contribution in [-0.4, -0.2) is 58.6 Å². The number of anilines is 1. The van der Waals surface area contributed by atoms with Gasteiger partial charge in [-0.25, -0.2) is 4.68 Å². The minimum atomic E-state index is -0.274. The third-order valence-corrected chi connectivity index (χ3v) is 5.15. The number of carbonyl (C=O) groups excluding carboxylic acids is 1. The average Bonchev–Trinajstić information content (AvgIpc) is 3.05. The highest BCUT2D eigenvalue weighted by Gasteiger charge is 2.22. The molecule has 2 aliphatic rings. The summed E-state index contributed by atoms with van der Waals surface area (Å²) in [6.45, 7) is 6.58. The summed E-state index contributed by atoms with van der Waals surface area (Å²) in [6.07, 6.45) is 3.48. The van der Waals surface area contributed by atoms with Crippen LogP contribution in [0.4, 0.5) is 5.69 Å². The van der Waals surface area contributed by atoms with Crippen molar-refractivity contribution in [3.8, 4) is 0 Å². The number of hydrogen-bond donors (Lipinski definition) is 2. The van der Waals surface area contributed by atoms with Crippen molar-refractivity contribution in [2.24, 2.45) is 0 Å². The second-order valence-corrected chi connectivity index (χ2v) is 7.79. The molecular weight excluding hydrogens is 362 g/mol. The van der Waals surface area contributed by atoms with Crippen molar-refractivity contribution in [1.29, 1.82) is 0 Å². The maximum Gasteiger partial charge on any atom is 0.291 e. The molecule has 0 radical (unpaired) electrons. The fourth-order valence-electron chi connectivity index (χ4n) is 3.55. The Labute approximate surface area is 163 Å². The van der Waals surface area contributed by atoms with Crippen LogP contribution in [0.2, 0.25) is 0 Å². The van der Waals surface area contributed by atoms with E-state index in [1.807, 2.05) is 30.5 Å². The van der Waals surface area contributed by atoms with Crippen molar-refractivity contribution < 1.29 is 14.3 Å². The van der Waals surface area contributed by atoms with Crippen molar-refractivity contribution in [1.82, 2.24) is 19.5 Å². The van der Waals surface area contributed by atoms with E-state index in [2.05, 4.69) is 15.7 Å². The largest absolute Gasteiger partial charge is 0.381 e. The third-order valence-electron chi connectivity index (χ3n) is 5.15. The SMILES string of the molecule is CC(C)c1nn(CC(=O)NC2CCOCC2)c(=O)c2cc(NC3COC3)cn12. The predicted octanol–water partition coefficient (Wildman–Crippen LogP) is 0.725. The first-order chi connectivity index (χ1) is 13.5. The first-order valence-electron chi connectivity index (χ1n) is 9.86. The fraction of sp³-hybridized carbons (Fsp3) is 0.632. The van der Waals surface area contributed by atoms with Crippen molar-refractivity contribution >= 4 is 17.1 Å². The van der Waals surface area contributed by atoms with Gasteiger partial charge in [-0.3, -0.25) is 14.0 Å². The van der Waals surface area contributed by atoms with E-state index in [0.717, 1.165) is 24.4 Å². The van der Waals surface area contributed by atoms with Gasteiger partial charge in [0.2, 0.25) is 5.91 Å². The van der Waals surface area contributed by atoms with Gasteiger partial charge in [-0.15, -0.1) is 0 Å². The highest BCUT2D eigenvalue weighted by molar-refractivity contribution is 5.76. The molecule has 2 saturated heterocycles. The first kappa shape index (κ1) is 18.9. The van der Waals surface area contributed by atoms with Crippen molar-refractivity contribution in [3.05, 3.63) is 28.4 Å². The number of aromatic nitrogens is 3. The van der Waals surface area contributed by atoms with Crippen LogP contribution in [0.3, 0.4) is 0 Å². The molecule has 0 unspecified atom stereocenters. The van der Waals surface area contributed by atoms with Crippen LogP contribution in [0, 0.1) is 0 Å². The zero-order chi connectivity index (χ0) is 19.7. The van der Waals surface area contributed by atoms with E-state index in [1.54, 1.807) is 0 Å². The predicted molar refractivity (Wildman–Crippen MR) is 104 cm³/mol. The molecule has 4 rings (SSSR count). The molecule has 0 aromatic carbocycles. The Hall–Kier alpha value is -2.39. The van der Waals surface area contributed by atoms with Gasteiger partial charge < -0.3 is 20.1 Å². The molecule has 2 fully saturated rings. The molecule has 4 heterocycles. The molecule has 2 aromatic rings. The van der Waals surface area contributed by atoms with Crippen LogP contribution in [0.15, 0.2) is 17.1 Å². The molecule has 0 aliphatic carbocycles. The molecule has 0 saturated carbocycles. The van der Waals surface area contributed by atoms with Gasteiger partial charge in [-0.2, -0.15) is 5.10 Å². The van der Waals surface area contributed by atoms with Crippen molar-refractivity contribution in [3.63, 3.8) is 0 Å². The highest BCUT2D eigenvalue weighted by Crippen LogP contribution is 2.20. The number of hydrogen-bond acceptors (Lipinski definition) is 6. The summed E-state index contributed by atoms with van der Waals surface area (Å²) in [7, 11) is 0. The van der Waals surface area contributed by atoms with Crippen LogP contribution in [0.25, 0.3) is 5.52 Å². The molecule has 2 aliphatic heterocycles. The number of ether oxygens (including phenoxy) is 2. The van der Waals surface area contributed by atoms with E-state index in [4.69, 9.17) is 9.47 Å². The van der Waals surface area contributed by atoms with E-state index in [9.17, 15) is 9.59 Å². The van der Waals surface area contributed by atoms with E-state index >= 15 is 0 Å². The maximum atomic E-state index is 12.9. The minimum absolute atomic E-state index is 0.0865. The normalized spacial score (nSPS) is 18.4. The Morgan fingerprint density at radius 1 is 1.25 bits per heavy atom. The molecule has 1 amide bonds. The molecule has 2 aromatic heterocycles. The lowest BCUT2D eigenvalue weighted by atomic mass is 10.1. The molecule has 0 spiro atoms. The van der Waals surface area contributed by atoms with Gasteiger partial charge in [0.1, 0.15) is 17.9 Å². The molecule has 0 bridgehead atoms. The Morgan fingerprint density at radius 3 is 2.64 bits per heavy atom. The molecule has 152 valence electrons. The number of nitrogens with one attached hydrogen (secondary N) is 2. The monoisotopic (exact) mass is 389 g/mol. The molecule has 9 nitrogen and oxygen atoms in total. The lowest BCUT2D eigenvalue weighted by Crippen LogP contribution is -2.42. The van der Waals surface area contributed by atoms with E-state index < -0.39 is 0 Å². The van der Waals surface area contributed by atoms with Crippen molar-refractivity contribution in [2.45, 2.75) is 51.2 Å². The number of fused-ring (bicyclic) bond motifs is 1. The standard InChI is InChI=1S/C19H27N5O4/c1-12(2)18-22-24(9-17(25)21-13-3-5-27-6-4-13)19(26)16-7-14(8-23(16)18)20-15-10-28-11-15/h7-8,12-13,15,20H,3-6,9-11H2,1-2H3,(H,21,25). The molecule has 28 heavy (non-hydrogen) atoms. The van der Waals surface area contributed by atoms with E-state index in [0.29, 0.717) is 31.9 Å². The minimum Gasteiger partial charge on any atom is -0.381 e. The second-order valence-electron chi connectivity index (χ2n) is 7.79. The summed E-state index contributed by atoms with van der Waals surface area (Å²) in [6, 6.07) is 2.18. The number of amides is 1. The zero-order valence-corrected chi connectivity index (χ0v) is 16.3. The average molecular weight is 389 g/mol. The topological polar surface area (TPSA) is 98.9 Å².